The summed E-state index contributed by atoms with van der Waals surface area (Å²) in [5.41, 5.74) is 0. The van der Waals surface area contributed by atoms with Crippen molar-refractivity contribution in [3.8, 4) is 11.5 Å². The van der Waals surface area contributed by atoms with Gasteiger partial charge in [-0.3, -0.25) is 0 Å². The Morgan fingerprint density at radius 2 is 1.06 bits per heavy atom. The first-order valence-electron chi connectivity index (χ1n) is 10.2. The average molecular weight is 472 g/mol. The Bertz CT molecular complexity index is 677. The van der Waals surface area contributed by atoms with Gasteiger partial charge < -0.3 is 10.2 Å². The highest BCUT2D eigenvalue weighted by Gasteiger charge is 2.47. The van der Waals surface area contributed by atoms with Crippen molar-refractivity contribution in [2.45, 2.75) is 43.0 Å². The molecular weight excluding hydrogens is 440 g/mol. The van der Waals surface area contributed by atoms with Crippen molar-refractivity contribution < 1.29 is 38.6 Å². The maximum atomic E-state index is 9.66. The van der Waals surface area contributed by atoms with Crippen LogP contribution in [0, 0.1) is 0 Å². The van der Waals surface area contributed by atoms with Crippen LogP contribution < -0.4 is 0 Å². The van der Waals surface area contributed by atoms with Crippen LogP contribution in [0.1, 0.15) is 27.2 Å². The fourth-order valence-electron chi connectivity index (χ4n) is 2.64. The van der Waals surface area contributed by atoms with Crippen molar-refractivity contribution in [1.29, 1.82) is 0 Å². The molecule has 0 saturated heterocycles. The smallest absolute Gasteiger partial charge is 0.508 e. The van der Waals surface area contributed by atoms with Crippen molar-refractivity contribution in [3.05, 3.63) is 48.5 Å². The molecule has 2 aromatic rings. The SMILES string of the molecule is CCOO[Si](CCC[S+](c1ccc(O)cc1)c1ccc(O)cc1)(OOCC)OOCC. The van der Waals surface area contributed by atoms with Crippen LogP contribution in [0.25, 0.3) is 0 Å². The predicted octanol–water partition coefficient (Wildman–Crippen LogP) is 4.37. The van der Waals surface area contributed by atoms with Crippen LogP contribution in [0.3, 0.4) is 0 Å². The normalized spacial score (nSPS) is 11.9. The van der Waals surface area contributed by atoms with Crippen LogP contribution >= 0.6 is 0 Å². The van der Waals surface area contributed by atoms with E-state index in [1.54, 1.807) is 45.0 Å². The lowest BCUT2D eigenvalue weighted by Gasteiger charge is -2.25. The Morgan fingerprint density at radius 1 is 0.677 bits per heavy atom. The number of phenols is 2. The van der Waals surface area contributed by atoms with Crippen LogP contribution in [0.15, 0.2) is 58.3 Å². The van der Waals surface area contributed by atoms with Crippen molar-refractivity contribution in [2.75, 3.05) is 25.6 Å². The molecule has 2 rings (SSSR count). The van der Waals surface area contributed by atoms with E-state index in [4.69, 9.17) is 28.4 Å². The van der Waals surface area contributed by atoms with Gasteiger partial charge in [0, 0.05) is 6.04 Å². The van der Waals surface area contributed by atoms with E-state index in [2.05, 4.69) is 0 Å². The molecule has 0 heterocycles. The molecule has 0 bridgehead atoms. The third kappa shape index (κ3) is 8.43. The van der Waals surface area contributed by atoms with Crippen molar-refractivity contribution in [2.24, 2.45) is 0 Å². The number of hydrogen-bond acceptors (Lipinski definition) is 8. The standard InChI is InChI=1S/C21H30O8SSi/c1-4-24-27-31(28-25-5-2,29-26-6-3)17-7-16-30(20-12-8-18(22)9-13-20)21-14-10-19(23)11-15-21/h8-15H,4-7,16-17H2,1-3H3,(H-,22,23)/p+1. The summed E-state index contributed by atoms with van der Waals surface area (Å²) in [6.07, 6.45) is 0.671. The molecule has 0 spiro atoms. The Labute approximate surface area is 187 Å². The quantitative estimate of drug-likeness (QED) is 0.171. The zero-order chi connectivity index (χ0) is 22.5. The summed E-state index contributed by atoms with van der Waals surface area (Å²) in [4.78, 5) is 17.6. The number of rotatable bonds is 15. The molecule has 8 nitrogen and oxygen atoms in total. The maximum absolute atomic E-state index is 9.66. The summed E-state index contributed by atoms with van der Waals surface area (Å²) < 4.78 is 16.5. The summed E-state index contributed by atoms with van der Waals surface area (Å²) in [6.45, 7) is 6.37. The van der Waals surface area contributed by atoms with Gasteiger partial charge in [-0.05, 0) is 75.7 Å². The highest BCUT2D eigenvalue weighted by Crippen LogP contribution is 2.29. The van der Waals surface area contributed by atoms with E-state index in [1.165, 1.54) is 0 Å². The molecule has 0 saturated carbocycles. The molecule has 0 fully saturated rings. The van der Waals surface area contributed by atoms with E-state index >= 15 is 0 Å². The first-order valence-corrected chi connectivity index (χ1v) is 13.6. The molecule has 0 aliphatic heterocycles. The van der Waals surface area contributed by atoms with Gasteiger partial charge in [-0.15, -0.1) is 0 Å². The summed E-state index contributed by atoms with van der Waals surface area (Å²) >= 11 is 0. The number of benzene rings is 2. The molecule has 0 atom stereocenters. The molecule has 31 heavy (non-hydrogen) atoms. The zero-order valence-electron chi connectivity index (χ0n) is 18.1. The monoisotopic (exact) mass is 471 g/mol. The van der Waals surface area contributed by atoms with Gasteiger partial charge in [-0.25, -0.2) is 28.4 Å². The van der Waals surface area contributed by atoms with Crippen LogP contribution in [0.2, 0.25) is 6.04 Å². The third-order valence-corrected chi connectivity index (χ3v) is 8.45. The topological polar surface area (TPSA) is 95.8 Å². The van der Waals surface area contributed by atoms with E-state index in [9.17, 15) is 10.2 Å². The molecule has 0 unspecified atom stereocenters. The molecule has 10 heteroatoms. The van der Waals surface area contributed by atoms with E-state index in [0.29, 0.717) is 32.3 Å². The van der Waals surface area contributed by atoms with Gasteiger partial charge >= 0.3 is 8.80 Å². The van der Waals surface area contributed by atoms with E-state index in [0.717, 1.165) is 15.5 Å². The minimum absolute atomic E-state index is 0.213. The lowest BCUT2D eigenvalue weighted by Crippen LogP contribution is -2.46. The minimum atomic E-state index is -3.39. The number of phenolic OH excluding ortho intramolecular Hbond substituents is 2. The van der Waals surface area contributed by atoms with Gasteiger partial charge in [0.05, 0.1) is 30.7 Å². The summed E-state index contributed by atoms with van der Waals surface area (Å²) in [5, 5.41) is 19.3. The lowest BCUT2D eigenvalue weighted by molar-refractivity contribution is -0.360. The predicted molar refractivity (Wildman–Crippen MR) is 118 cm³/mol. The molecule has 0 aliphatic rings. The number of aromatic hydroxyl groups is 2. The fourth-order valence-corrected chi connectivity index (χ4v) is 6.84. The zero-order valence-corrected chi connectivity index (χ0v) is 19.9. The van der Waals surface area contributed by atoms with Gasteiger partial charge in [0.25, 0.3) is 0 Å². The van der Waals surface area contributed by atoms with Gasteiger partial charge in [0.1, 0.15) is 17.3 Å². The van der Waals surface area contributed by atoms with Crippen LogP contribution in [0.5, 0.6) is 11.5 Å². The molecule has 0 aromatic heterocycles. The Balaban J connectivity index is 2.18. The number of hydrogen-bond donors (Lipinski definition) is 2. The molecule has 172 valence electrons. The highest BCUT2D eigenvalue weighted by atomic mass is 32.2. The molecule has 0 radical (unpaired) electrons. The van der Waals surface area contributed by atoms with Crippen molar-refractivity contribution in [1.82, 2.24) is 0 Å². The fraction of sp³-hybridized carbons (Fsp3) is 0.429. The minimum Gasteiger partial charge on any atom is -0.508 e. The van der Waals surface area contributed by atoms with Crippen molar-refractivity contribution >= 4 is 19.7 Å². The van der Waals surface area contributed by atoms with Gasteiger partial charge in [-0.1, -0.05) is 0 Å². The maximum Gasteiger partial charge on any atom is 0.584 e. The van der Waals surface area contributed by atoms with E-state index in [1.807, 2.05) is 24.3 Å². The lowest BCUT2D eigenvalue weighted by atomic mass is 10.3. The molecule has 0 aliphatic carbocycles. The van der Waals surface area contributed by atoms with Crippen LogP contribution in [0.4, 0.5) is 0 Å². The second kappa shape index (κ2) is 13.7. The van der Waals surface area contributed by atoms with Crippen LogP contribution in [-0.2, 0) is 39.3 Å². The average Bonchev–Trinajstić information content (AvgIpc) is 2.79. The molecule has 0 amide bonds. The van der Waals surface area contributed by atoms with Crippen molar-refractivity contribution in [3.63, 3.8) is 0 Å². The summed E-state index contributed by atoms with van der Waals surface area (Å²) in [5.74, 6) is 1.18. The van der Waals surface area contributed by atoms with E-state index < -0.39 is 8.80 Å². The van der Waals surface area contributed by atoms with Gasteiger partial charge in [-0.2, -0.15) is 0 Å². The second-order valence-corrected chi connectivity index (χ2v) is 10.8. The van der Waals surface area contributed by atoms with E-state index in [-0.39, 0.29) is 22.4 Å². The molecule has 2 N–H and O–H groups in total. The molecular formula is C21H31O8SSi+. The third-order valence-electron chi connectivity index (χ3n) is 3.99. The second-order valence-electron chi connectivity index (χ2n) is 6.34. The van der Waals surface area contributed by atoms with Gasteiger partial charge in [0.2, 0.25) is 0 Å². The Kier molecular flexibility index (Phi) is 11.3. The van der Waals surface area contributed by atoms with Gasteiger partial charge in [0.15, 0.2) is 9.79 Å². The molecule has 2 aromatic carbocycles. The Morgan fingerprint density at radius 3 is 1.42 bits per heavy atom. The largest absolute Gasteiger partial charge is 0.584 e. The first kappa shape index (κ1) is 25.6. The Hall–Kier alpha value is -1.63. The summed E-state index contributed by atoms with van der Waals surface area (Å²) in [6, 6.07) is 14.7. The summed E-state index contributed by atoms with van der Waals surface area (Å²) in [7, 11) is -3.70. The highest BCUT2D eigenvalue weighted by molar-refractivity contribution is 7.97. The first-order chi connectivity index (χ1) is 15.0. The van der Waals surface area contributed by atoms with Crippen LogP contribution in [-0.4, -0.2) is 44.6 Å².